The molecule has 0 spiro atoms. The van der Waals surface area contributed by atoms with Gasteiger partial charge in [0.1, 0.15) is 11.3 Å². The van der Waals surface area contributed by atoms with Gasteiger partial charge in [-0.1, -0.05) is 6.07 Å². The molecule has 0 aliphatic rings. The summed E-state index contributed by atoms with van der Waals surface area (Å²) >= 11 is 0. The Balaban J connectivity index is 2.35. The first-order valence-corrected chi connectivity index (χ1v) is 6.33. The Morgan fingerprint density at radius 3 is 2.62 bits per heavy atom. The molecule has 1 aromatic carbocycles. The maximum absolute atomic E-state index is 11.4. The van der Waals surface area contributed by atoms with Gasteiger partial charge in [0.25, 0.3) is 0 Å². The Morgan fingerprint density at radius 2 is 1.86 bits per heavy atom. The summed E-state index contributed by atoms with van der Waals surface area (Å²) in [6.45, 7) is 0. The minimum atomic E-state index is -1.01. The summed E-state index contributed by atoms with van der Waals surface area (Å²) in [6, 6.07) is 10.4. The lowest BCUT2D eigenvalue weighted by Gasteiger charge is -2.10. The molecule has 21 heavy (non-hydrogen) atoms. The van der Waals surface area contributed by atoms with Crippen molar-refractivity contribution >= 4 is 16.9 Å². The number of methoxy groups -OCH3 is 1. The quantitative estimate of drug-likeness (QED) is 0.798. The van der Waals surface area contributed by atoms with E-state index in [1.165, 1.54) is 6.07 Å². The number of carboxylic acid groups (broad SMARTS) is 1. The molecule has 5 nitrogen and oxygen atoms in total. The summed E-state index contributed by atoms with van der Waals surface area (Å²) in [4.78, 5) is 19.9. The smallest absolute Gasteiger partial charge is 0.337 e. The van der Waals surface area contributed by atoms with Crippen molar-refractivity contribution in [3.8, 4) is 17.0 Å². The number of carboxylic acids is 1. The Labute approximate surface area is 120 Å². The fourth-order valence-electron chi connectivity index (χ4n) is 2.31. The van der Waals surface area contributed by atoms with Crippen molar-refractivity contribution in [1.82, 2.24) is 9.97 Å². The lowest BCUT2D eigenvalue weighted by Crippen LogP contribution is -2.01. The van der Waals surface area contributed by atoms with Gasteiger partial charge in [0.2, 0.25) is 0 Å². The average Bonchev–Trinajstić information content (AvgIpc) is 2.53. The second kappa shape index (κ2) is 5.20. The number of benzene rings is 1. The maximum atomic E-state index is 11.4. The van der Waals surface area contributed by atoms with Gasteiger partial charge in [-0.05, 0) is 30.3 Å². The zero-order valence-corrected chi connectivity index (χ0v) is 11.3. The highest BCUT2D eigenvalue weighted by atomic mass is 16.5. The molecule has 2 heterocycles. The van der Waals surface area contributed by atoms with Gasteiger partial charge >= 0.3 is 5.97 Å². The molecule has 3 rings (SSSR count). The third-order valence-corrected chi connectivity index (χ3v) is 3.25. The molecule has 0 bridgehead atoms. The van der Waals surface area contributed by atoms with Gasteiger partial charge in [-0.25, -0.2) is 4.79 Å². The summed E-state index contributed by atoms with van der Waals surface area (Å²) in [5.41, 5.74) is 1.98. The molecule has 3 aromatic rings. The fraction of sp³-hybridized carbons (Fsp3) is 0.0625. The first kappa shape index (κ1) is 13.1. The van der Waals surface area contributed by atoms with Crippen LogP contribution >= 0.6 is 0 Å². The van der Waals surface area contributed by atoms with Crippen molar-refractivity contribution in [1.29, 1.82) is 0 Å². The normalized spacial score (nSPS) is 10.5. The molecule has 0 aliphatic heterocycles. The number of rotatable bonds is 3. The Hall–Kier alpha value is -2.95. The van der Waals surface area contributed by atoms with Crippen molar-refractivity contribution in [2.75, 3.05) is 7.11 Å². The molecule has 0 unspecified atom stereocenters. The lowest BCUT2D eigenvalue weighted by molar-refractivity contribution is 0.0697. The van der Waals surface area contributed by atoms with E-state index in [2.05, 4.69) is 9.97 Å². The standard InChI is InChI=1S/C16H12N2O3/c1-21-13-7-6-11(10-4-2-9-18-15(10)13)14-12(16(19)20)5-3-8-17-14/h2-9H,1H3,(H,19,20). The Morgan fingerprint density at radius 1 is 1.10 bits per heavy atom. The molecule has 104 valence electrons. The van der Waals surface area contributed by atoms with Crippen molar-refractivity contribution in [3.63, 3.8) is 0 Å². The molecule has 0 aliphatic carbocycles. The van der Waals surface area contributed by atoms with Crippen LogP contribution in [-0.4, -0.2) is 28.2 Å². The van der Waals surface area contributed by atoms with Crippen LogP contribution in [0, 0.1) is 0 Å². The number of fused-ring (bicyclic) bond motifs is 1. The van der Waals surface area contributed by atoms with Crippen LogP contribution in [0.4, 0.5) is 0 Å². The van der Waals surface area contributed by atoms with Gasteiger partial charge in [0.05, 0.1) is 18.4 Å². The highest BCUT2D eigenvalue weighted by molar-refractivity contribution is 6.02. The fourth-order valence-corrected chi connectivity index (χ4v) is 2.31. The summed E-state index contributed by atoms with van der Waals surface area (Å²) in [5, 5.41) is 10.1. The predicted molar refractivity (Wildman–Crippen MR) is 78.5 cm³/mol. The van der Waals surface area contributed by atoms with Crippen LogP contribution in [0.15, 0.2) is 48.8 Å². The predicted octanol–water partition coefficient (Wildman–Crippen LogP) is 3.00. The molecule has 0 saturated carbocycles. The maximum Gasteiger partial charge on any atom is 0.337 e. The van der Waals surface area contributed by atoms with E-state index < -0.39 is 5.97 Å². The number of ether oxygens (including phenoxy) is 1. The van der Waals surface area contributed by atoms with E-state index in [0.29, 0.717) is 17.0 Å². The number of carbonyl (C=O) groups is 1. The van der Waals surface area contributed by atoms with E-state index >= 15 is 0 Å². The molecule has 0 radical (unpaired) electrons. The highest BCUT2D eigenvalue weighted by Crippen LogP contribution is 2.33. The Kier molecular flexibility index (Phi) is 3.23. The number of hydrogen-bond donors (Lipinski definition) is 1. The lowest BCUT2D eigenvalue weighted by atomic mass is 10.0. The van der Waals surface area contributed by atoms with Gasteiger partial charge in [-0.3, -0.25) is 9.97 Å². The third kappa shape index (κ3) is 2.18. The molecule has 0 fully saturated rings. The zero-order chi connectivity index (χ0) is 14.8. The van der Waals surface area contributed by atoms with Crippen molar-refractivity contribution < 1.29 is 14.6 Å². The average molecular weight is 280 g/mol. The van der Waals surface area contributed by atoms with Crippen molar-refractivity contribution in [2.24, 2.45) is 0 Å². The third-order valence-electron chi connectivity index (χ3n) is 3.25. The first-order chi connectivity index (χ1) is 10.2. The molecular weight excluding hydrogens is 268 g/mol. The molecule has 0 saturated heterocycles. The largest absolute Gasteiger partial charge is 0.494 e. The van der Waals surface area contributed by atoms with Crippen LogP contribution in [0.3, 0.4) is 0 Å². The molecule has 0 atom stereocenters. The van der Waals surface area contributed by atoms with Gasteiger partial charge in [-0.2, -0.15) is 0 Å². The number of aromatic nitrogens is 2. The molecule has 2 aromatic heterocycles. The van der Waals surface area contributed by atoms with Crippen LogP contribution in [0.1, 0.15) is 10.4 Å². The van der Waals surface area contributed by atoms with Gasteiger partial charge < -0.3 is 9.84 Å². The van der Waals surface area contributed by atoms with E-state index in [9.17, 15) is 9.90 Å². The number of pyridine rings is 2. The van der Waals surface area contributed by atoms with E-state index in [1.807, 2.05) is 6.07 Å². The molecule has 1 N–H and O–H groups in total. The summed E-state index contributed by atoms with van der Waals surface area (Å²) in [7, 11) is 1.58. The highest BCUT2D eigenvalue weighted by Gasteiger charge is 2.16. The van der Waals surface area contributed by atoms with Crippen LogP contribution in [-0.2, 0) is 0 Å². The Bertz CT molecular complexity index is 831. The second-order valence-corrected chi connectivity index (χ2v) is 4.42. The SMILES string of the molecule is COc1ccc(-c2ncccc2C(=O)O)c2cccnc12. The van der Waals surface area contributed by atoms with Crippen LogP contribution < -0.4 is 4.74 Å². The number of hydrogen-bond acceptors (Lipinski definition) is 4. The summed E-state index contributed by atoms with van der Waals surface area (Å²) < 4.78 is 5.30. The van der Waals surface area contributed by atoms with E-state index in [-0.39, 0.29) is 5.56 Å². The van der Waals surface area contributed by atoms with Crippen molar-refractivity contribution in [3.05, 3.63) is 54.4 Å². The number of aromatic carboxylic acids is 1. The zero-order valence-electron chi connectivity index (χ0n) is 11.3. The van der Waals surface area contributed by atoms with Gasteiger partial charge in [0.15, 0.2) is 0 Å². The van der Waals surface area contributed by atoms with Crippen LogP contribution in [0.2, 0.25) is 0 Å². The topological polar surface area (TPSA) is 72.3 Å². The van der Waals surface area contributed by atoms with Gasteiger partial charge in [-0.15, -0.1) is 0 Å². The summed E-state index contributed by atoms with van der Waals surface area (Å²) in [5.74, 6) is -0.367. The molecule has 5 heteroatoms. The summed E-state index contributed by atoms with van der Waals surface area (Å²) in [6.07, 6.45) is 3.25. The van der Waals surface area contributed by atoms with E-state index in [1.54, 1.807) is 43.8 Å². The van der Waals surface area contributed by atoms with Crippen LogP contribution in [0.5, 0.6) is 5.75 Å². The van der Waals surface area contributed by atoms with E-state index in [0.717, 1.165) is 10.9 Å². The van der Waals surface area contributed by atoms with Gasteiger partial charge in [0, 0.05) is 23.3 Å². The number of nitrogens with zero attached hydrogens (tertiary/aromatic N) is 2. The minimum absolute atomic E-state index is 0.160. The van der Waals surface area contributed by atoms with E-state index in [4.69, 9.17) is 4.74 Å². The first-order valence-electron chi connectivity index (χ1n) is 6.33. The van der Waals surface area contributed by atoms with Crippen LogP contribution in [0.25, 0.3) is 22.2 Å². The second-order valence-electron chi connectivity index (χ2n) is 4.42. The monoisotopic (exact) mass is 280 g/mol. The molecule has 0 amide bonds. The minimum Gasteiger partial charge on any atom is -0.494 e. The molecular formula is C16H12N2O3. The van der Waals surface area contributed by atoms with Crippen molar-refractivity contribution in [2.45, 2.75) is 0 Å².